The molecular formula is C64H119NO10. The fourth-order valence-corrected chi connectivity index (χ4v) is 9.98. The minimum absolute atomic E-state index is 0.128. The van der Waals surface area contributed by atoms with Gasteiger partial charge < -0.3 is 45.1 Å². The fourth-order valence-electron chi connectivity index (χ4n) is 9.98. The van der Waals surface area contributed by atoms with Crippen LogP contribution in [0, 0.1) is 0 Å². The summed E-state index contributed by atoms with van der Waals surface area (Å²) in [5.74, 6) is -1.19. The Labute approximate surface area is 460 Å². The zero-order chi connectivity index (χ0) is 54.7. The molecule has 1 aliphatic heterocycles. The van der Waals surface area contributed by atoms with Gasteiger partial charge in [-0.1, -0.05) is 269 Å². The molecule has 8 atom stereocenters. The monoisotopic (exact) mass is 1060 g/mol. The smallest absolute Gasteiger partial charge is 0.306 e. The lowest BCUT2D eigenvalue weighted by molar-refractivity contribution is -0.305. The first kappa shape index (κ1) is 70.9. The highest BCUT2D eigenvalue weighted by Crippen LogP contribution is 2.26. The second kappa shape index (κ2) is 52.6. The molecule has 11 nitrogen and oxygen atoms in total. The van der Waals surface area contributed by atoms with Crippen LogP contribution in [0.15, 0.2) is 36.5 Å². The van der Waals surface area contributed by atoms with Gasteiger partial charge in [-0.25, -0.2) is 0 Å². The van der Waals surface area contributed by atoms with Crippen molar-refractivity contribution in [1.82, 2.24) is 5.32 Å². The van der Waals surface area contributed by atoms with Gasteiger partial charge in [0.1, 0.15) is 24.4 Å². The maximum atomic E-state index is 13.4. The predicted octanol–water partition coefficient (Wildman–Crippen LogP) is 15.1. The van der Waals surface area contributed by atoms with E-state index in [-0.39, 0.29) is 13.0 Å². The zero-order valence-corrected chi connectivity index (χ0v) is 48.7. The zero-order valence-electron chi connectivity index (χ0n) is 48.7. The summed E-state index contributed by atoms with van der Waals surface area (Å²) in [6, 6.07) is -1.02. The Morgan fingerprint density at radius 1 is 0.520 bits per heavy atom. The molecule has 1 saturated heterocycles. The molecule has 0 aromatic rings. The molecular weight excluding hydrogens is 943 g/mol. The Hall–Kier alpha value is -2.12. The predicted molar refractivity (Wildman–Crippen MR) is 311 cm³/mol. The van der Waals surface area contributed by atoms with Crippen LogP contribution >= 0.6 is 0 Å². The number of aliphatic hydroxyl groups is 5. The van der Waals surface area contributed by atoms with E-state index in [1.54, 1.807) is 6.08 Å². The molecule has 0 aromatic heterocycles. The quantitative estimate of drug-likeness (QED) is 0.0195. The summed E-state index contributed by atoms with van der Waals surface area (Å²) in [4.78, 5) is 26.5. The van der Waals surface area contributed by atoms with Crippen LogP contribution in [0.4, 0.5) is 0 Å². The van der Waals surface area contributed by atoms with Gasteiger partial charge in [-0.15, -0.1) is 0 Å². The molecule has 0 spiro atoms. The van der Waals surface area contributed by atoms with Gasteiger partial charge >= 0.3 is 5.97 Å². The average Bonchev–Trinajstić information content (AvgIpc) is 3.41. The number of esters is 1. The van der Waals surface area contributed by atoms with E-state index in [1.165, 1.54) is 180 Å². The Balaban J connectivity index is 2.65. The number of carbonyl (C=O) groups is 2. The molecule has 1 fully saturated rings. The first-order chi connectivity index (χ1) is 36.7. The average molecular weight is 1060 g/mol. The maximum absolute atomic E-state index is 13.4. The van der Waals surface area contributed by atoms with Crippen molar-refractivity contribution < 1.29 is 49.3 Å². The van der Waals surface area contributed by atoms with Crippen molar-refractivity contribution >= 4 is 11.9 Å². The van der Waals surface area contributed by atoms with Gasteiger partial charge in [-0.3, -0.25) is 9.59 Å². The van der Waals surface area contributed by atoms with Gasteiger partial charge in [0.15, 0.2) is 12.4 Å². The highest BCUT2D eigenvalue weighted by Gasteiger charge is 2.47. The van der Waals surface area contributed by atoms with Crippen LogP contribution < -0.4 is 5.32 Å². The van der Waals surface area contributed by atoms with Crippen molar-refractivity contribution in [3.63, 3.8) is 0 Å². The van der Waals surface area contributed by atoms with Crippen LogP contribution in [0.5, 0.6) is 0 Å². The molecule has 1 heterocycles. The SMILES string of the molecule is CCCCC/C=C\C/C=C\CCCCCCCCCCCCC(O)C(=O)NC(COC1OC(CO)C(O)C(O)C1OC(=O)CCCCCCCCCCCCCCCC)C(O)/C=C/CCCCCCCCCCCC. The molecule has 8 unspecified atom stereocenters. The molecule has 11 heteroatoms. The minimum atomic E-state index is -1.61. The van der Waals surface area contributed by atoms with Gasteiger partial charge in [0.2, 0.25) is 5.91 Å². The van der Waals surface area contributed by atoms with Crippen molar-refractivity contribution in [3.05, 3.63) is 36.5 Å². The number of nitrogens with one attached hydrogen (secondary N) is 1. The van der Waals surface area contributed by atoms with E-state index in [0.29, 0.717) is 19.3 Å². The normalized spacial score (nSPS) is 19.4. The third kappa shape index (κ3) is 40.7. The van der Waals surface area contributed by atoms with Crippen LogP contribution in [0.3, 0.4) is 0 Å². The Morgan fingerprint density at radius 3 is 1.39 bits per heavy atom. The van der Waals surface area contributed by atoms with E-state index < -0.39 is 67.4 Å². The highest BCUT2D eigenvalue weighted by molar-refractivity contribution is 5.80. The molecule has 0 radical (unpaired) electrons. The molecule has 440 valence electrons. The fraction of sp³-hybridized carbons (Fsp3) is 0.875. The number of carbonyl (C=O) groups excluding carboxylic acids is 2. The van der Waals surface area contributed by atoms with Gasteiger partial charge in [-0.05, 0) is 57.8 Å². The largest absolute Gasteiger partial charge is 0.454 e. The summed E-state index contributed by atoms with van der Waals surface area (Å²) in [5, 5.41) is 57.0. The molecule has 75 heavy (non-hydrogen) atoms. The number of rotatable bonds is 54. The molecule has 1 rings (SSSR count). The molecule has 0 aliphatic carbocycles. The summed E-state index contributed by atoms with van der Waals surface area (Å²) >= 11 is 0. The summed E-state index contributed by atoms with van der Waals surface area (Å²) < 4.78 is 17.6. The maximum Gasteiger partial charge on any atom is 0.306 e. The minimum Gasteiger partial charge on any atom is -0.454 e. The van der Waals surface area contributed by atoms with Crippen molar-refractivity contribution in [2.45, 2.75) is 346 Å². The standard InChI is InChI=1S/C64H119NO10/c1-4-7-10-13-16-19-22-25-27-28-29-30-31-32-33-36-39-42-45-48-51-57(68)63(72)65-55(56(67)50-47-44-41-38-35-24-21-18-15-12-9-6-3)54-73-64-62(61(71)60(70)58(53-66)74-64)75-59(69)52-49-46-43-40-37-34-26-23-20-17-14-11-8-5-2/h16,19,25,27,47,50,55-58,60-62,64,66-68,70-71H,4-15,17-18,20-24,26,28-46,48-49,51-54H2,1-3H3,(H,65,72)/b19-16-,27-25-,50-47+. The van der Waals surface area contributed by atoms with Crippen LogP contribution in [0.1, 0.15) is 297 Å². The molecule has 0 aromatic carbocycles. The van der Waals surface area contributed by atoms with E-state index in [2.05, 4.69) is 50.4 Å². The molecule has 0 bridgehead atoms. The summed E-state index contributed by atoms with van der Waals surface area (Å²) in [7, 11) is 0. The number of hydrogen-bond donors (Lipinski definition) is 6. The van der Waals surface area contributed by atoms with Crippen molar-refractivity contribution in [3.8, 4) is 0 Å². The molecule has 0 saturated carbocycles. The number of ether oxygens (including phenoxy) is 3. The second-order valence-electron chi connectivity index (χ2n) is 22.1. The third-order valence-corrected chi connectivity index (χ3v) is 15.0. The van der Waals surface area contributed by atoms with Crippen molar-refractivity contribution in [2.75, 3.05) is 13.2 Å². The van der Waals surface area contributed by atoms with E-state index in [4.69, 9.17) is 14.2 Å². The number of amides is 1. The van der Waals surface area contributed by atoms with Gasteiger partial charge in [-0.2, -0.15) is 0 Å². The topological polar surface area (TPSA) is 175 Å². The van der Waals surface area contributed by atoms with Crippen molar-refractivity contribution in [1.29, 1.82) is 0 Å². The molecule has 1 amide bonds. The van der Waals surface area contributed by atoms with E-state index >= 15 is 0 Å². The van der Waals surface area contributed by atoms with E-state index in [0.717, 1.165) is 70.6 Å². The molecule has 1 aliphatic rings. The highest BCUT2D eigenvalue weighted by atomic mass is 16.7. The summed E-state index contributed by atoms with van der Waals surface area (Å²) in [6.07, 6.45) is 51.8. The van der Waals surface area contributed by atoms with E-state index in [9.17, 15) is 35.1 Å². The Morgan fingerprint density at radius 2 is 0.920 bits per heavy atom. The van der Waals surface area contributed by atoms with Crippen molar-refractivity contribution in [2.24, 2.45) is 0 Å². The van der Waals surface area contributed by atoms with Gasteiger partial charge in [0.05, 0.1) is 25.4 Å². The number of unbranched alkanes of at least 4 members (excludes halogenated alkanes) is 36. The molecule has 6 N–H and O–H groups in total. The third-order valence-electron chi connectivity index (χ3n) is 15.0. The van der Waals surface area contributed by atoms with Crippen LogP contribution in [-0.4, -0.2) is 99.6 Å². The first-order valence-electron chi connectivity index (χ1n) is 31.8. The number of aliphatic hydroxyl groups excluding tert-OH is 5. The Kier molecular flexibility index (Phi) is 49.7. The first-order valence-corrected chi connectivity index (χ1v) is 31.8. The van der Waals surface area contributed by atoms with Crippen LogP contribution in [-0.2, 0) is 23.8 Å². The number of allylic oxidation sites excluding steroid dienone is 5. The lowest BCUT2D eigenvalue weighted by Gasteiger charge is -2.41. The lowest BCUT2D eigenvalue weighted by atomic mass is 9.99. The van der Waals surface area contributed by atoms with E-state index in [1.807, 2.05) is 6.08 Å². The van der Waals surface area contributed by atoms with Gasteiger partial charge in [0.25, 0.3) is 0 Å². The summed E-state index contributed by atoms with van der Waals surface area (Å²) in [5.41, 5.74) is 0. The lowest BCUT2D eigenvalue weighted by Crippen LogP contribution is -2.61. The van der Waals surface area contributed by atoms with Crippen LogP contribution in [0.25, 0.3) is 0 Å². The van der Waals surface area contributed by atoms with Gasteiger partial charge in [0, 0.05) is 6.42 Å². The number of hydrogen-bond acceptors (Lipinski definition) is 10. The second-order valence-corrected chi connectivity index (χ2v) is 22.1. The van der Waals surface area contributed by atoms with Crippen LogP contribution in [0.2, 0.25) is 0 Å². The Bertz CT molecular complexity index is 1360. The summed E-state index contributed by atoms with van der Waals surface area (Å²) in [6.45, 7) is 5.78.